The normalized spacial score (nSPS) is 11.5. The maximum atomic E-state index is 12.2. The van der Waals surface area contributed by atoms with Crippen LogP contribution in [0.15, 0.2) is 42.5 Å². The summed E-state index contributed by atoms with van der Waals surface area (Å²) >= 11 is 6.10. The van der Waals surface area contributed by atoms with E-state index >= 15 is 0 Å². The minimum absolute atomic E-state index is 0.0327. The van der Waals surface area contributed by atoms with Gasteiger partial charge in [-0.25, -0.2) is 8.42 Å². The molecule has 0 fully saturated rings. The molecule has 2 aromatic carbocycles. The van der Waals surface area contributed by atoms with Gasteiger partial charge in [-0.15, -0.1) is 0 Å². The first-order chi connectivity index (χ1) is 13.2. The highest BCUT2D eigenvalue weighted by atomic mass is 35.5. The van der Waals surface area contributed by atoms with E-state index in [1.807, 2.05) is 32.0 Å². The third kappa shape index (κ3) is 6.82. The summed E-state index contributed by atoms with van der Waals surface area (Å²) in [5.74, 6) is 0.359. The van der Waals surface area contributed by atoms with Gasteiger partial charge in [0.05, 0.1) is 19.3 Å². The zero-order valence-electron chi connectivity index (χ0n) is 16.2. The highest BCUT2D eigenvalue weighted by Crippen LogP contribution is 2.19. The van der Waals surface area contributed by atoms with Crippen molar-refractivity contribution in [1.29, 1.82) is 0 Å². The zero-order valence-corrected chi connectivity index (χ0v) is 17.8. The van der Waals surface area contributed by atoms with Crippen molar-refractivity contribution < 1.29 is 17.9 Å². The number of nitrogens with one attached hydrogen (secondary N) is 1. The topological polar surface area (TPSA) is 75.7 Å². The Hall–Kier alpha value is -2.09. The Bertz CT molecular complexity index is 932. The Morgan fingerprint density at radius 3 is 2.54 bits per heavy atom. The van der Waals surface area contributed by atoms with E-state index in [0.717, 1.165) is 27.4 Å². The van der Waals surface area contributed by atoms with Crippen molar-refractivity contribution in [3.8, 4) is 5.75 Å². The maximum absolute atomic E-state index is 12.2. The number of sulfonamides is 1. The molecule has 0 saturated carbocycles. The molecular formula is C20H25ClN2O4S. The minimum Gasteiger partial charge on any atom is -0.491 e. The summed E-state index contributed by atoms with van der Waals surface area (Å²) in [7, 11) is -3.58. The Morgan fingerprint density at radius 1 is 1.18 bits per heavy atom. The fourth-order valence-electron chi connectivity index (χ4n) is 2.64. The number of ether oxygens (including phenoxy) is 1. The number of hydrogen-bond acceptors (Lipinski definition) is 4. The largest absolute Gasteiger partial charge is 0.491 e. The van der Waals surface area contributed by atoms with E-state index in [-0.39, 0.29) is 19.6 Å². The van der Waals surface area contributed by atoms with Crippen LogP contribution in [0.2, 0.25) is 5.02 Å². The molecule has 8 heteroatoms. The molecule has 0 heterocycles. The van der Waals surface area contributed by atoms with Crippen LogP contribution in [-0.4, -0.2) is 44.6 Å². The van der Waals surface area contributed by atoms with Gasteiger partial charge >= 0.3 is 0 Å². The number of hydrogen-bond donors (Lipinski definition) is 1. The number of benzene rings is 2. The van der Waals surface area contributed by atoms with Crippen LogP contribution in [0.5, 0.6) is 5.75 Å². The summed E-state index contributed by atoms with van der Waals surface area (Å²) in [5, 5.41) is 3.14. The number of rotatable bonds is 9. The third-order valence-electron chi connectivity index (χ3n) is 4.11. The first kappa shape index (κ1) is 22.2. The molecule has 1 N–H and O–H groups in total. The summed E-state index contributed by atoms with van der Waals surface area (Å²) in [4.78, 5) is 12.2. The Balaban J connectivity index is 1.87. The van der Waals surface area contributed by atoms with E-state index in [9.17, 15) is 13.2 Å². The molecular weight excluding hydrogens is 400 g/mol. The van der Waals surface area contributed by atoms with Gasteiger partial charge in [-0.1, -0.05) is 47.5 Å². The van der Waals surface area contributed by atoms with Crippen molar-refractivity contribution in [2.24, 2.45) is 0 Å². The molecule has 0 aromatic heterocycles. The second-order valence-electron chi connectivity index (χ2n) is 6.59. The van der Waals surface area contributed by atoms with Gasteiger partial charge in [-0.2, -0.15) is 4.31 Å². The Kier molecular flexibility index (Phi) is 7.86. The molecule has 0 radical (unpaired) electrons. The second kappa shape index (κ2) is 9.91. The number of carbonyl (C=O) groups is 1. The van der Waals surface area contributed by atoms with Crippen LogP contribution >= 0.6 is 11.6 Å². The lowest BCUT2D eigenvalue weighted by atomic mass is 10.1. The van der Waals surface area contributed by atoms with Gasteiger partial charge in [-0.05, 0) is 37.1 Å². The van der Waals surface area contributed by atoms with E-state index in [0.29, 0.717) is 17.2 Å². The van der Waals surface area contributed by atoms with Crippen LogP contribution in [0.3, 0.4) is 0 Å². The van der Waals surface area contributed by atoms with Crippen LogP contribution in [0.1, 0.15) is 16.7 Å². The highest BCUT2D eigenvalue weighted by molar-refractivity contribution is 7.88. The van der Waals surface area contributed by atoms with Crippen LogP contribution in [0.4, 0.5) is 0 Å². The lowest BCUT2D eigenvalue weighted by Crippen LogP contribution is -2.41. The molecule has 6 nitrogen and oxygen atoms in total. The number of amides is 1. The molecule has 0 spiro atoms. The van der Waals surface area contributed by atoms with Crippen molar-refractivity contribution in [2.45, 2.75) is 20.4 Å². The summed E-state index contributed by atoms with van der Waals surface area (Å²) < 4.78 is 30.8. The second-order valence-corrected chi connectivity index (χ2v) is 8.98. The van der Waals surface area contributed by atoms with Crippen molar-refractivity contribution in [2.75, 3.05) is 26.0 Å². The van der Waals surface area contributed by atoms with Crippen molar-refractivity contribution in [3.05, 3.63) is 64.2 Å². The van der Waals surface area contributed by atoms with Gasteiger partial charge in [0.15, 0.2) is 0 Å². The maximum Gasteiger partial charge on any atom is 0.235 e. The van der Waals surface area contributed by atoms with E-state index in [1.165, 1.54) is 0 Å². The Morgan fingerprint density at radius 2 is 1.89 bits per heavy atom. The standard InChI is InChI=1S/C20H25ClN2O4S/c1-15-8-9-19(16(2)12-15)27-11-10-22-20(24)14-23(28(3,25)26)13-17-6-4-5-7-18(17)21/h4-9,12H,10-11,13-14H2,1-3H3,(H,22,24). The summed E-state index contributed by atoms with van der Waals surface area (Å²) in [6.07, 6.45) is 1.07. The molecule has 0 aliphatic rings. The molecule has 2 rings (SSSR count). The Labute approximate surface area is 171 Å². The minimum atomic E-state index is -3.58. The van der Waals surface area contributed by atoms with Crippen molar-refractivity contribution >= 4 is 27.5 Å². The van der Waals surface area contributed by atoms with Crippen LogP contribution in [0, 0.1) is 13.8 Å². The van der Waals surface area contributed by atoms with Crippen LogP contribution in [0.25, 0.3) is 0 Å². The van der Waals surface area contributed by atoms with E-state index < -0.39 is 15.9 Å². The van der Waals surface area contributed by atoms with Gasteiger partial charge in [0.25, 0.3) is 0 Å². The molecule has 0 saturated heterocycles. The first-order valence-corrected chi connectivity index (χ1v) is 11.0. The molecule has 152 valence electrons. The third-order valence-corrected chi connectivity index (χ3v) is 5.67. The fraction of sp³-hybridized carbons (Fsp3) is 0.350. The quantitative estimate of drug-likeness (QED) is 0.628. The SMILES string of the molecule is Cc1ccc(OCCNC(=O)CN(Cc2ccccc2Cl)S(C)(=O)=O)c(C)c1. The van der Waals surface area contributed by atoms with E-state index in [4.69, 9.17) is 16.3 Å². The molecule has 28 heavy (non-hydrogen) atoms. The zero-order chi connectivity index (χ0) is 20.7. The summed E-state index contributed by atoms with van der Waals surface area (Å²) in [6, 6.07) is 12.8. The predicted molar refractivity (Wildman–Crippen MR) is 111 cm³/mol. The van der Waals surface area contributed by atoms with Gasteiger partial charge in [0, 0.05) is 11.6 Å². The average Bonchev–Trinajstić information content (AvgIpc) is 2.60. The van der Waals surface area contributed by atoms with Crippen LogP contribution < -0.4 is 10.1 Å². The molecule has 0 unspecified atom stereocenters. The number of aryl methyl sites for hydroxylation is 2. The smallest absolute Gasteiger partial charge is 0.235 e. The summed E-state index contributed by atoms with van der Waals surface area (Å²) in [5.41, 5.74) is 2.81. The van der Waals surface area contributed by atoms with E-state index in [1.54, 1.807) is 24.3 Å². The fourth-order valence-corrected chi connectivity index (χ4v) is 3.56. The molecule has 0 aliphatic heterocycles. The van der Waals surface area contributed by atoms with E-state index in [2.05, 4.69) is 5.32 Å². The van der Waals surface area contributed by atoms with Gasteiger partial charge in [0.1, 0.15) is 12.4 Å². The summed E-state index contributed by atoms with van der Waals surface area (Å²) in [6.45, 7) is 4.28. The average molecular weight is 425 g/mol. The lowest BCUT2D eigenvalue weighted by molar-refractivity contribution is -0.121. The number of nitrogens with zero attached hydrogens (tertiary/aromatic N) is 1. The molecule has 0 aliphatic carbocycles. The molecule has 1 amide bonds. The van der Waals surface area contributed by atoms with Crippen LogP contribution in [-0.2, 0) is 21.4 Å². The van der Waals surface area contributed by atoms with Crippen molar-refractivity contribution in [3.63, 3.8) is 0 Å². The highest BCUT2D eigenvalue weighted by Gasteiger charge is 2.21. The van der Waals surface area contributed by atoms with Crippen molar-refractivity contribution in [1.82, 2.24) is 9.62 Å². The number of halogens is 1. The number of carbonyl (C=O) groups excluding carboxylic acids is 1. The molecule has 0 atom stereocenters. The van der Waals surface area contributed by atoms with Gasteiger partial charge < -0.3 is 10.1 Å². The lowest BCUT2D eigenvalue weighted by Gasteiger charge is -2.20. The molecule has 2 aromatic rings. The molecule has 0 bridgehead atoms. The first-order valence-electron chi connectivity index (χ1n) is 8.82. The predicted octanol–water partition coefficient (Wildman–Crippen LogP) is 2.91. The van der Waals surface area contributed by atoms with Gasteiger partial charge in [-0.3, -0.25) is 4.79 Å². The monoisotopic (exact) mass is 424 g/mol. The van der Waals surface area contributed by atoms with Gasteiger partial charge in [0.2, 0.25) is 15.9 Å².